The molecule has 0 radical (unpaired) electrons. The molecule has 0 saturated heterocycles. The Kier molecular flexibility index (Phi) is 5.42. The molecule has 0 spiro atoms. The number of rotatable bonds is 6. The topological polar surface area (TPSA) is 66.9 Å². The minimum atomic E-state index is 0.0340. The molecule has 5 heteroatoms. The van der Waals surface area contributed by atoms with Crippen molar-refractivity contribution in [3.8, 4) is 0 Å². The average Bonchev–Trinajstić information content (AvgIpc) is 2.27. The molecule has 0 aliphatic rings. The van der Waals surface area contributed by atoms with Crippen molar-refractivity contribution in [2.75, 3.05) is 6.54 Å². The van der Waals surface area contributed by atoms with Crippen LogP contribution in [0, 0.1) is 0 Å². The maximum Gasteiger partial charge on any atom is 0.221 e. The van der Waals surface area contributed by atoms with E-state index in [0.717, 1.165) is 5.69 Å². The predicted molar refractivity (Wildman–Crippen MR) is 61.6 cm³/mol. The second-order valence-electron chi connectivity index (χ2n) is 3.84. The molecule has 0 aliphatic carbocycles. The molecular weight excluding hydrogens is 204 g/mol. The van der Waals surface area contributed by atoms with E-state index < -0.39 is 0 Å². The summed E-state index contributed by atoms with van der Waals surface area (Å²) in [4.78, 5) is 19.2. The average molecular weight is 222 g/mol. The Morgan fingerprint density at radius 3 is 2.94 bits per heavy atom. The third kappa shape index (κ3) is 5.41. The minimum absolute atomic E-state index is 0.0340. The first kappa shape index (κ1) is 12.6. The zero-order chi connectivity index (χ0) is 11.8. The third-order valence-corrected chi connectivity index (χ3v) is 2.01. The molecule has 1 aromatic heterocycles. The molecule has 1 amide bonds. The Balaban J connectivity index is 2.16. The monoisotopic (exact) mass is 222 g/mol. The van der Waals surface area contributed by atoms with Crippen LogP contribution in [0.2, 0.25) is 0 Å². The molecule has 5 nitrogen and oxygen atoms in total. The number of nitrogens with zero attached hydrogens (tertiary/aromatic N) is 2. The number of aromatic nitrogens is 2. The SMILES string of the molecule is CC(C)NCCC(=O)NCc1ccncn1. The first-order valence-electron chi connectivity index (χ1n) is 5.43. The fraction of sp³-hybridized carbons (Fsp3) is 0.545. The Morgan fingerprint density at radius 2 is 2.31 bits per heavy atom. The van der Waals surface area contributed by atoms with E-state index in [1.807, 2.05) is 0 Å². The molecule has 88 valence electrons. The van der Waals surface area contributed by atoms with E-state index >= 15 is 0 Å². The molecule has 0 unspecified atom stereocenters. The quantitative estimate of drug-likeness (QED) is 0.734. The van der Waals surface area contributed by atoms with E-state index in [9.17, 15) is 4.79 Å². The second kappa shape index (κ2) is 6.90. The van der Waals surface area contributed by atoms with E-state index in [0.29, 0.717) is 25.6 Å². The molecule has 0 fully saturated rings. The van der Waals surface area contributed by atoms with Crippen LogP contribution in [0.1, 0.15) is 26.0 Å². The van der Waals surface area contributed by atoms with Crippen LogP contribution in [0.5, 0.6) is 0 Å². The fourth-order valence-electron chi connectivity index (χ4n) is 1.17. The Bertz CT molecular complexity index is 313. The summed E-state index contributed by atoms with van der Waals surface area (Å²) in [6, 6.07) is 2.20. The van der Waals surface area contributed by atoms with Gasteiger partial charge in [0.05, 0.1) is 12.2 Å². The van der Waals surface area contributed by atoms with Crippen molar-refractivity contribution in [2.45, 2.75) is 32.9 Å². The molecule has 0 aromatic carbocycles. The molecule has 0 atom stereocenters. The second-order valence-corrected chi connectivity index (χ2v) is 3.84. The summed E-state index contributed by atoms with van der Waals surface area (Å²) < 4.78 is 0. The molecule has 0 saturated carbocycles. The number of carbonyl (C=O) groups is 1. The van der Waals surface area contributed by atoms with E-state index in [1.54, 1.807) is 12.3 Å². The highest BCUT2D eigenvalue weighted by Crippen LogP contribution is 1.90. The van der Waals surface area contributed by atoms with Crippen molar-refractivity contribution in [3.63, 3.8) is 0 Å². The molecule has 1 heterocycles. The number of amides is 1. The van der Waals surface area contributed by atoms with Crippen LogP contribution in [-0.2, 0) is 11.3 Å². The van der Waals surface area contributed by atoms with Gasteiger partial charge >= 0.3 is 0 Å². The summed E-state index contributed by atoms with van der Waals surface area (Å²) in [5.41, 5.74) is 0.820. The molecule has 16 heavy (non-hydrogen) atoms. The van der Waals surface area contributed by atoms with Crippen LogP contribution in [0.15, 0.2) is 18.6 Å². The zero-order valence-corrected chi connectivity index (χ0v) is 9.73. The molecule has 0 bridgehead atoms. The summed E-state index contributed by atoms with van der Waals surface area (Å²) in [5.74, 6) is 0.0340. The summed E-state index contributed by atoms with van der Waals surface area (Å²) in [5, 5.41) is 5.99. The van der Waals surface area contributed by atoms with Gasteiger partial charge in [0.1, 0.15) is 6.33 Å². The molecule has 2 N–H and O–H groups in total. The Hall–Kier alpha value is -1.49. The minimum Gasteiger partial charge on any atom is -0.350 e. The normalized spacial score (nSPS) is 10.4. The number of hydrogen-bond donors (Lipinski definition) is 2. The summed E-state index contributed by atoms with van der Waals surface area (Å²) in [6.45, 7) is 5.27. The van der Waals surface area contributed by atoms with Crippen LogP contribution < -0.4 is 10.6 Å². The van der Waals surface area contributed by atoms with Crippen LogP contribution >= 0.6 is 0 Å². The van der Waals surface area contributed by atoms with Gasteiger partial charge in [-0.05, 0) is 6.07 Å². The maximum absolute atomic E-state index is 11.4. The summed E-state index contributed by atoms with van der Waals surface area (Å²) in [6.07, 6.45) is 3.62. The molecule has 0 aliphatic heterocycles. The first-order valence-corrected chi connectivity index (χ1v) is 5.43. The van der Waals surface area contributed by atoms with Gasteiger partial charge in [0, 0.05) is 25.2 Å². The lowest BCUT2D eigenvalue weighted by molar-refractivity contribution is -0.121. The number of carbonyl (C=O) groups excluding carboxylic acids is 1. The van der Waals surface area contributed by atoms with Gasteiger partial charge in [-0.1, -0.05) is 13.8 Å². The molecule has 1 aromatic rings. The highest BCUT2D eigenvalue weighted by atomic mass is 16.1. The van der Waals surface area contributed by atoms with Gasteiger partial charge in [0.2, 0.25) is 5.91 Å². The predicted octanol–water partition coefficient (Wildman–Crippen LogP) is 0.481. The van der Waals surface area contributed by atoms with Crippen molar-refractivity contribution >= 4 is 5.91 Å². The zero-order valence-electron chi connectivity index (χ0n) is 9.73. The smallest absolute Gasteiger partial charge is 0.221 e. The van der Waals surface area contributed by atoms with Crippen molar-refractivity contribution in [2.24, 2.45) is 0 Å². The van der Waals surface area contributed by atoms with E-state index in [1.165, 1.54) is 6.33 Å². The summed E-state index contributed by atoms with van der Waals surface area (Å²) >= 11 is 0. The largest absolute Gasteiger partial charge is 0.350 e. The highest BCUT2D eigenvalue weighted by Gasteiger charge is 2.01. The standard InChI is InChI=1S/C11H18N4O/c1-9(2)13-6-4-11(16)14-7-10-3-5-12-8-15-10/h3,5,8-9,13H,4,6-7H2,1-2H3,(H,14,16). The van der Waals surface area contributed by atoms with Crippen molar-refractivity contribution in [1.82, 2.24) is 20.6 Å². The van der Waals surface area contributed by atoms with Gasteiger partial charge in [-0.15, -0.1) is 0 Å². The maximum atomic E-state index is 11.4. The van der Waals surface area contributed by atoms with Crippen LogP contribution in [-0.4, -0.2) is 28.5 Å². The highest BCUT2D eigenvalue weighted by molar-refractivity contribution is 5.75. The van der Waals surface area contributed by atoms with E-state index in [2.05, 4.69) is 34.4 Å². The fourth-order valence-corrected chi connectivity index (χ4v) is 1.17. The van der Waals surface area contributed by atoms with Gasteiger partial charge in [-0.2, -0.15) is 0 Å². The molecular formula is C11H18N4O. The van der Waals surface area contributed by atoms with Crippen molar-refractivity contribution in [1.29, 1.82) is 0 Å². The Morgan fingerprint density at radius 1 is 1.50 bits per heavy atom. The number of nitrogens with one attached hydrogen (secondary N) is 2. The first-order chi connectivity index (χ1) is 7.68. The van der Waals surface area contributed by atoms with Gasteiger partial charge < -0.3 is 10.6 Å². The van der Waals surface area contributed by atoms with Crippen LogP contribution in [0.4, 0.5) is 0 Å². The lowest BCUT2D eigenvalue weighted by Crippen LogP contribution is -2.30. The lowest BCUT2D eigenvalue weighted by Gasteiger charge is -2.08. The van der Waals surface area contributed by atoms with Crippen LogP contribution in [0.3, 0.4) is 0 Å². The third-order valence-electron chi connectivity index (χ3n) is 2.01. The lowest BCUT2D eigenvalue weighted by atomic mass is 10.3. The van der Waals surface area contributed by atoms with Crippen molar-refractivity contribution < 1.29 is 4.79 Å². The van der Waals surface area contributed by atoms with E-state index in [4.69, 9.17) is 0 Å². The van der Waals surface area contributed by atoms with E-state index in [-0.39, 0.29) is 5.91 Å². The van der Waals surface area contributed by atoms with Gasteiger partial charge in [0.25, 0.3) is 0 Å². The number of hydrogen-bond acceptors (Lipinski definition) is 4. The Labute approximate surface area is 95.7 Å². The summed E-state index contributed by atoms with van der Waals surface area (Å²) in [7, 11) is 0. The van der Waals surface area contributed by atoms with Gasteiger partial charge in [0.15, 0.2) is 0 Å². The molecule has 1 rings (SSSR count). The van der Waals surface area contributed by atoms with Gasteiger partial charge in [-0.3, -0.25) is 4.79 Å². The van der Waals surface area contributed by atoms with Crippen LogP contribution in [0.25, 0.3) is 0 Å². The van der Waals surface area contributed by atoms with Gasteiger partial charge in [-0.25, -0.2) is 9.97 Å². The van der Waals surface area contributed by atoms with Crippen molar-refractivity contribution in [3.05, 3.63) is 24.3 Å².